The molecule has 0 aliphatic heterocycles. The maximum Gasteiger partial charge on any atom is 0.306 e. The Morgan fingerprint density at radius 2 is 1.00 bits per heavy atom. The molecule has 12 heteroatoms. The minimum absolute atomic E-state index is 0.0995. The van der Waals surface area contributed by atoms with E-state index in [1.807, 2.05) is 60.7 Å². The number of aromatic nitrogens is 6. The lowest BCUT2D eigenvalue weighted by Crippen LogP contribution is -2.13. The molecule has 0 unspecified atom stereocenters. The molecule has 2 N–H and O–H groups in total. The van der Waals surface area contributed by atoms with Gasteiger partial charge in [0.2, 0.25) is 0 Å². The van der Waals surface area contributed by atoms with Gasteiger partial charge >= 0.3 is 11.9 Å². The van der Waals surface area contributed by atoms with Crippen LogP contribution in [0, 0.1) is 11.8 Å². The number of phenols is 2. The Balaban J connectivity index is 1.10. The molecule has 0 saturated carbocycles. The van der Waals surface area contributed by atoms with Gasteiger partial charge in [0.25, 0.3) is 0 Å². The maximum atomic E-state index is 12.5. The number of hydrogen-bond acceptors (Lipinski definition) is 10. The zero-order valence-electron chi connectivity index (χ0n) is 34.9. The van der Waals surface area contributed by atoms with Crippen LogP contribution in [-0.4, -0.2) is 65.4 Å². The highest BCUT2D eigenvalue weighted by Crippen LogP contribution is 2.36. The van der Waals surface area contributed by atoms with Gasteiger partial charge in [-0.2, -0.15) is 30.0 Å². The fraction of sp³-hybridized carbons (Fsp3) is 0.447. The van der Waals surface area contributed by atoms with Gasteiger partial charge in [-0.15, -0.1) is 0 Å². The van der Waals surface area contributed by atoms with Crippen molar-refractivity contribution in [2.24, 2.45) is 11.8 Å². The molecule has 6 rings (SSSR count). The van der Waals surface area contributed by atoms with Gasteiger partial charge in [-0.1, -0.05) is 103 Å². The fourth-order valence-corrected chi connectivity index (χ4v) is 7.21. The van der Waals surface area contributed by atoms with Crippen molar-refractivity contribution in [2.45, 2.75) is 111 Å². The van der Waals surface area contributed by atoms with E-state index < -0.39 is 0 Å². The van der Waals surface area contributed by atoms with Crippen LogP contribution in [-0.2, 0) is 38.6 Å². The number of esters is 2. The first-order valence-corrected chi connectivity index (χ1v) is 21.2. The summed E-state index contributed by atoms with van der Waals surface area (Å²) in [7, 11) is 0. The number of aromatic hydroxyl groups is 2. The van der Waals surface area contributed by atoms with Crippen molar-refractivity contribution in [1.82, 2.24) is 30.0 Å². The third-order valence-electron chi connectivity index (χ3n) is 10.5. The van der Waals surface area contributed by atoms with Crippen molar-refractivity contribution in [3.05, 3.63) is 83.9 Å². The summed E-state index contributed by atoms with van der Waals surface area (Å²) in [6, 6.07) is 21.9. The normalized spacial score (nSPS) is 11.6. The summed E-state index contributed by atoms with van der Waals surface area (Å²) in [5.41, 5.74) is 6.87. The number of benzene rings is 4. The highest BCUT2D eigenvalue weighted by molar-refractivity contribution is 5.94. The Kier molecular flexibility index (Phi) is 15.1. The Labute approximate surface area is 346 Å². The lowest BCUT2D eigenvalue weighted by Gasteiger charge is -2.09. The quantitative estimate of drug-likeness (QED) is 0.0501. The largest absolute Gasteiger partial charge is 0.507 e. The number of carbonyl (C=O) groups is 2. The van der Waals surface area contributed by atoms with Crippen molar-refractivity contribution >= 4 is 34.0 Å². The lowest BCUT2D eigenvalue weighted by molar-refractivity contribution is -0.144. The molecule has 0 amide bonds. The summed E-state index contributed by atoms with van der Waals surface area (Å²) in [4.78, 5) is 27.9. The van der Waals surface area contributed by atoms with Crippen LogP contribution in [0.3, 0.4) is 0 Å². The molecule has 4 aromatic carbocycles. The second kappa shape index (κ2) is 20.8. The maximum absolute atomic E-state index is 12.5. The molecule has 0 fully saturated rings. The van der Waals surface area contributed by atoms with Crippen LogP contribution in [0.1, 0.15) is 103 Å². The number of rotatable bonds is 22. The van der Waals surface area contributed by atoms with Crippen LogP contribution in [0.15, 0.2) is 72.8 Å². The van der Waals surface area contributed by atoms with Crippen LogP contribution in [0.2, 0.25) is 0 Å². The molecule has 0 aliphatic carbocycles. The second-order valence-corrected chi connectivity index (χ2v) is 16.3. The summed E-state index contributed by atoms with van der Waals surface area (Å²) in [6.07, 6.45) is 10.0. The first-order chi connectivity index (χ1) is 28.5. The summed E-state index contributed by atoms with van der Waals surface area (Å²) >= 11 is 0. The van der Waals surface area contributed by atoms with Crippen LogP contribution in [0.25, 0.3) is 44.3 Å². The van der Waals surface area contributed by atoms with Crippen LogP contribution in [0.5, 0.6) is 11.5 Å². The summed E-state index contributed by atoms with van der Waals surface area (Å²) in [5.74, 6) is 1.12. The summed E-state index contributed by atoms with van der Waals surface area (Å²) < 4.78 is 10.9. The number of aryl methyl sites for hydroxylation is 2. The highest BCUT2D eigenvalue weighted by Gasteiger charge is 2.17. The average Bonchev–Trinajstić information content (AvgIpc) is 3.83. The predicted octanol–water partition coefficient (Wildman–Crippen LogP) is 9.81. The third-order valence-corrected chi connectivity index (χ3v) is 10.5. The second-order valence-electron chi connectivity index (χ2n) is 16.3. The topological polar surface area (TPSA) is 154 Å². The zero-order valence-corrected chi connectivity index (χ0v) is 34.9. The highest BCUT2D eigenvalue weighted by atomic mass is 16.5. The molecule has 0 bridgehead atoms. The standard InChI is InChI=1S/C47H58N6O6/c1-32(2)13-7-5-9-27-58-44(56)25-21-34-19-23-42(54)38(29-34)36-15-11-17-40-46(36)50-52(48-40)31-53-49-41-18-12-16-37(47(41)51-53)39-30-35(20-24-43(39)55)22-26-45(57)59-28-10-6-8-14-33(3)4/h11-12,15-20,23-24,29-30,32-33,54-55H,5-10,13-14,21-22,25-28,31H2,1-4H3. The van der Waals surface area contributed by atoms with Gasteiger partial charge in [-0.05, 0) is 85.0 Å². The number of fused-ring (bicyclic) bond motifs is 2. The van der Waals surface area contributed by atoms with Crippen molar-refractivity contribution in [1.29, 1.82) is 0 Å². The van der Waals surface area contributed by atoms with Gasteiger partial charge in [0.15, 0.2) is 6.67 Å². The number of unbranched alkanes of at least 4 members (excludes halogenated alkanes) is 4. The minimum atomic E-state index is -0.224. The van der Waals surface area contributed by atoms with Gasteiger partial charge in [0.1, 0.15) is 33.6 Å². The van der Waals surface area contributed by atoms with E-state index in [2.05, 4.69) is 27.7 Å². The first-order valence-electron chi connectivity index (χ1n) is 21.2. The Hall–Kier alpha value is -5.78. The van der Waals surface area contributed by atoms with Crippen LogP contribution in [0.4, 0.5) is 0 Å². The molecule has 6 aromatic rings. The van der Waals surface area contributed by atoms with E-state index in [4.69, 9.17) is 29.9 Å². The number of phenolic OH excluding ortho intramolecular Hbond substituents is 2. The fourth-order valence-electron chi connectivity index (χ4n) is 7.21. The summed E-state index contributed by atoms with van der Waals surface area (Å²) in [6.45, 7) is 9.86. The van der Waals surface area contributed by atoms with E-state index in [-0.39, 0.29) is 42.9 Å². The van der Waals surface area contributed by atoms with Gasteiger partial charge < -0.3 is 19.7 Å². The van der Waals surface area contributed by atoms with Crippen molar-refractivity contribution in [3.63, 3.8) is 0 Å². The molecule has 59 heavy (non-hydrogen) atoms. The Morgan fingerprint density at radius 3 is 1.42 bits per heavy atom. The van der Waals surface area contributed by atoms with Gasteiger partial charge in [0.05, 0.1) is 13.2 Å². The number of nitrogens with zero attached hydrogens (tertiary/aromatic N) is 6. The third kappa shape index (κ3) is 12.1. The molecule has 2 heterocycles. The van der Waals surface area contributed by atoms with Crippen molar-refractivity contribution in [2.75, 3.05) is 13.2 Å². The van der Waals surface area contributed by atoms with Crippen molar-refractivity contribution < 1.29 is 29.3 Å². The van der Waals surface area contributed by atoms with E-state index in [9.17, 15) is 19.8 Å². The smallest absolute Gasteiger partial charge is 0.306 e. The molecule has 12 nitrogen and oxygen atoms in total. The Bertz CT molecular complexity index is 2170. The average molecular weight is 803 g/mol. The van der Waals surface area contributed by atoms with E-state index in [0.29, 0.717) is 82.2 Å². The van der Waals surface area contributed by atoms with Crippen LogP contribution < -0.4 is 0 Å². The van der Waals surface area contributed by atoms with E-state index in [1.165, 1.54) is 22.4 Å². The number of ether oxygens (including phenoxy) is 2. The summed E-state index contributed by atoms with van der Waals surface area (Å²) in [5, 5.41) is 40.8. The molecule has 0 spiro atoms. The molecule has 0 atom stereocenters. The lowest BCUT2D eigenvalue weighted by atomic mass is 9.99. The van der Waals surface area contributed by atoms with E-state index in [1.54, 1.807) is 12.1 Å². The molecule has 0 radical (unpaired) electrons. The molecule has 2 aromatic heterocycles. The van der Waals surface area contributed by atoms with Gasteiger partial charge in [-0.25, -0.2) is 0 Å². The minimum Gasteiger partial charge on any atom is -0.507 e. The molecule has 0 saturated heterocycles. The zero-order chi connectivity index (χ0) is 41.7. The number of carbonyl (C=O) groups excluding carboxylic acids is 2. The van der Waals surface area contributed by atoms with Gasteiger partial charge in [0, 0.05) is 35.1 Å². The van der Waals surface area contributed by atoms with E-state index in [0.717, 1.165) is 49.7 Å². The van der Waals surface area contributed by atoms with Crippen LogP contribution >= 0.6 is 0 Å². The van der Waals surface area contributed by atoms with Crippen molar-refractivity contribution in [3.8, 4) is 33.8 Å². The molecular formula is C47H58N6O6. The SMILES string of the molecule is CC(C)CCCCCOC(=O)CCc1ccc(O)c(-c2cccc3nn(Cn4nc5cccc(-c6cc(CCC(=O)OCCCCCC(C)C)ccc6O)c5n4)nc23)c1. The Morgan fingerprint density at radius 1 is 0.559 bits per heavy atom. The molecular weight excluding hydrogens is 745 g/mol. The molecule has 312 valence electrons. The van der Waals surface area contributed by atoms with Gasteiger partial charge in [-0.3, -0.25) is 9.59 Å². The predicted molar refractivity (Wildman–Crippen MR) is 230 cm³/mol. The first kappa shape index (κ1) is 42.8. The monoisotopic (exact) mass is 802 g/mol. The molecule has 0 aliphatic rings. The number of hydrogen-bond donors (Lipinski definition) is 2. The van der Waals surface area contributed by atoms with E-state index >= 15 is 0 Å².